The molecule has 2 aromatic rings. The molecule has 0 saturated heterocycles. The number of ether oxygens (including phenoxy) is 1. The first-order valence-electron chi connectivity index (χ1n) is 4.97. The maximum Gasteiger partial charge on any atom is 0.373 e. The summed E-state index contributed by atoms with van der Waals surface area (Å²) in [6.45, 7) is 0. The summed E-state index contributed by atoms with van der Waals surface area (Å²) >= 11 is 0. The average molecular weight is 245 g/mol. The Balaban J connectivity index is 0.000000492. The highest BCUT2D eigenvalue weighted by Gasteiger charge is 1.91. The molecule has 0 aliphatic heterocycles. The quantitative estimate of drug-likeness (QED) is 0.883. The van der Waals surface area contributed by atoms with Gasteiger partial charge in [-0.15, -0.1) is 0 Å². The molecule has 0 atom stereocenters. The minimum Gasteiger partial charge on any atom is -0.497 e. The topological polar surface area (TPSA) is 84.9 Å². The van der Waals surface area contributed by atoms with Crippen molar-refractivity contribution in [3.63, 3.8) is 0 Å². The second kappa shape index (κ2) is 7.54. The van der Waals surface area contributed by atoms with Crippen molar-refractivity contribution in [1.82, 2.24) is 15.4 Å². The first-order chi connectivity index (χ1) is 8.80. The molecule has 0 fully saturated rings. The van der Waals surface area contributed by atoms with E-state index in [1.807, 2.05) is 36.4 Å². The molecule has 0 unspecified atom stereocenters. The molecule has 0 aliphatic rings. The summed E-state index contributed by atoms with van der Waals surface area (Å²) in [4.78, 5) is 16.2. The Bertz CT molecular complexity index is 512. The van der Waals surface area contributed by atoms with Crippen LogP contribution in [0, 0.1) is 0 Å². The van der Waals surface area contributed by atoms with E-state index < -0.39 is 0 Å². The summed E-state index contributed by atoms with van der Waals surface area (Å²) in [5.41, 5.74) is 1.91. The van der Waals surface area contributed by atoms with E-state index in [1.54, 1.807) is 13.3 Å². The van der Waals surface area contributed by atoms with Crippen molar-refractivity contribution in [1.29, 1.82) is 0 Å². The number of aromatic nitrogens is 3. The van der Waals surface area contributed by atoms with Crippen LogP contribution in [0.1, 0.15) is 11.3 Å². The zero-order valence-electron chi connectivity index (χ0n) is 9.66. The molecule has 0 amide bonds. The van der Waals surface area contributed by atoms with E-state index in [2.05, 4.69) is 15.4 Å². The van der Waals surface area contributed by atoms with Crippen molar-refractivity contribution in [3.8, 4) is 5.75 Å². The molecular weight excluding hydrogens is 234 g/mol. The van der Waals surface area contributed by atoms with Gasteiger partial charge in [0.2, 0.25) is 0 Å². The largest absolute Gasteiger partial charge is 0.497 e. The number of nitrogens with zero attached hydrogens (tertiary/aromatic N) is 2. The van der Waals surface area contributed by atoms with Crippen LogP contribution in [-0.2, 0) is 9.59 Å². The third-order valence-electron chi connectivity index (χ3n) is 2.00. The van der Waals surface area contributed by atoms with E-state index in [0.29, 0.717) is 0 Å². The molecule has 0 saturated carbocycles. The molecule has 1 heterocycles. The fraction of sp³-hybridized carbons (Fsp3) is 0.0833. The van der Waals surface area contributed by atoms with Crippen molar-refractivity contribution in [2.45, 2.75) is 0 Å². The summed E-state index contributed by atoms with van der Waals surface area (Å²) in [6.07, 6.45) is 5.78. The van der Waals surface area contributed by atoms with Gasteiger partial charge < -0.3 is 4.74 Å². The molecule has 6 heteroatoms. The Labute approximate surface area is 103 Å². The van der Waals surface area contributed by atoms with Gasteiger partial charge in [0.15, 0.2) is 0 Å². The first kappa shape index (κ1) is 13.3. The fourth-order valence-electron chi connectivity index (χ4n) is 1.19. The third-order valence-corrected chi connectivity index (χ3v) is 2.00. The maximum absolute atomic E-state index is 8.12. The summed E-state index contributed by atoms with van der Waals surface area (Å²) in [7, 11) is 1.65. The lowest BCUT2D eigenvalue weighted by molar-refractivity contribution is -0.191. The van der Waals surface area contributed by atoms with Crippen LogP contribution in [0.5, 0.6) is 5.75 Å². The molecule has 1 aromatic heterocycles. The van der Waals surface area contributed by atoms with Crippen LogP contribution in [0.3, 0.4) is 0 Å². The molecule has 0 aliphatic carbocycles. The molecule has 6 nitrogen and oxygen atoms in total. The Morgan fingerprint density at radius 1 is 1.22 bits per heavy atom. The monoisotopic (exact) mass is 245 g/mol. The van der Waals surface area contributed by atoms with Crippen molar-refractivity contribution in [2.24, 2.45) is 0 Å². The molecule has 0 spiro atoms. The lowest BCUT2D eigenvalue weighted by Gasteiger charge is -1.98. The summed E-state index contributed by atoms with van der Waals surface area (Å²) < 4.78 is 5.07. The first-order valence-corrected chi connectivity index (χ1v) is 4.97. The number of nitrogens with one attached hydrogen (secondary N) is 1. The van der Waals surface area contributed by atoms with Gasteiger partial charge >= 0.3 is 6.15 Å². The van der Waals surface area contributed by atoms with Crippen LogP contribution >= 0.6 is 0 Å². The number of benzene rings is 1. The van der Waals surface area contributed by atoms with Gasteiger partial charge in [0.05, 0.1) is 13.3 Å². The Morgan fingerprint density at radius 2 is 1.89 bits per heavy atom. The van der Waals surface area contributed by atoms with E-state index in [1.165, 1.54) is 0 Å². The lowest BCUT2D eigenvalue weighted by atomic mass is 10.2. The fourth-order valence-corrected chi connectivity index (χ4v) is 1.19. The Morgan fingerprint density at radius 3 is 2.39 bits per heavy atom. The van der Waals surface area contributed by atoms with Crippen LogP contribution in [0.4, 0.5) is 0 Å². The zero-order chi connectivity index (χ0) is 13.2. The highest BCUT2D eigenvalue weighted by molar-refractivity contribution is 5.67. The number of methoxy groups -OCH3 is 1. The van der Waals surface area contributed by atoms with Gasteiger partial charge in [0, 0.05) is 0 Å². The number of H-pyrrole nitrogens is 1. The van der Waals surface area contributed by atoms with E-state index in [0.717, 1.165) is 17.0 Å². The number of hydrogen-bond acceptors (Lipinski definition) is 5. The van der Waals surface area contributed by atoms with Gasteiger partial charge in [-0.3, -0.25) is 0 Å². The second-order valence-electron chi connectivity index (χ2n) is 3.08. The average Bonchev–Trinajstić information content (AvgIpc) is 2.91. The zero-order valence-corrected chi connectivity index (χ0v) is 9.66. The highest BCUT2D eigenvalue weighted by Crippen LogP contribution is 2.13. The standard InChI is InChI=1S/C11H11N3O.CO2/c1-15-11-6-3-9(4-7-11)2-5-10-8-12-14-13-10;2-1-3/h2-8H,1H3,(H,12,13,14);. The molecule has 18 heavy (non-hydrogen) atoms. The van der Waals surface area contributed by atoms with Gasteiger partial charge in [0.25, 0.3) is 0 Å². The molecule has 1 N–H and O–H groups in total. The van der Waals surface area contributed by atoms with Crippen LogP contribution < -0.4 is 4.74 Å². The van der Waals surface area contributed by atoms with Crippen molar-refractivity contribution < 1.29 is 14.3 Å². The normalized spacial score (nSPS) is 9.39. The molecule has 0 radical (unpaired) electrons. The minimum atomic E-state index is 0.250. The third kappa shape index (κ3) is 4.42. The van der Waals surface area contributed by atoms with Gasteiger partial charge in [0.1, 0.15) is 11.4 Å². The van der Waals surface area contributed by atoms with Crippen LogP contribution in [0.15, 0.2) is 30.5 Å². The summed E-state index contributed by atoms with van der Waals surface area (Å²) in [5, 5.41) is 10.2. The van der Waals surface area contributed by atoms with E-state index >= 15 is 0 Å². The SMILES string of the molecule is COc1ccc(C=Cc2cn[nH]n2)cc1.O=C=O. The van der Waals surface area contributed by atoms with Gasteiger partial charge in [-0.25, -0.2) is 0 Å². The van der Waals surface area contributed by atoms with Gasteiger partial charge in [-0.1, -0.05) is 18.2 Å². The molecule has 92 valence electrons. The highest BCUT2D eigenvalue weighted by atomic mass is 16.5. The van der Waals surface area contributed by atoms with Crippen LogP contribution in [0.25, 0.3) is 12.2 Å². The molecule has 2 rings (SSSR count). The van der Waals surface area contributed by atoms with Gasteiger partial charge in [-0.2, -0.15) is 25.0 Å². The smallest absolute Gasteiger partial charge is 0.373 e. The van der Waals surface area contributed by atoms with Crippen molar-refractivity contribution in [3.05, 3.63) is 41.7 Å². The Kier molecular flexibility index (Phi) is 5.59. The predicted molar refractivity (Wildman–Crippen MR) is 63.3 cm³/mol. The molecular formula is C12H11N3O3. The molecule has 1 aromatic carbocycles. The van der Waals surface area contributed by atoms with Gasteiger partial charge in [-0.05, 0) is 23.8 Å². The lowest BCUT2D eigenvalue weighted by Crippen LogP contribution is -1.81. The summed E-state index contributed by atoms with van der Waals surface area (Å²) in [5.74, 6) is 0.855. The van der Waals surface area contributed by atoms with E-state index in [9.17, 15) is 0 Å². The van der Waals surface area contributed by atoms with E-state index in [4.69, 9.17) is 14.3 Å². The summed E-state index contributed by atoms with van der Waals surface area (Å²) in [6, 6.07) is 7.80. The number of carbonyl (C=O) groups excluding carboxylic acids is 2. The Hall–Kier alpha value is -2.72. The number of hydrogen-bond donors (Lipinski definition) is 1. The van der Waals surface area contributed by atoms with E-state index in [-0.39, 0.29) is 6.15 Å². The minimum absolute atomic E-state index is 0.250. The number of rotatable bonds is 3. The predicted octanol–water partition coefficient (Wildman–Crippen LogP) is 1.40. The van der Waals surface area contributed by atoms with Crippen LogP contribution in [-0.4, -0.2) is 28.7 Å². The molecule has 0 bridgehead atoms. The van der Waals surface area contributed by atoms with Crippen LogP contribution in [0.2, 0.25) is 0 Å². The van der Waals surface area contributed by atoms with Crippen molar-refractivity contribution in [2.75, 3.05) is 7.11 Å². The maximum atomic E-state index is 8.12. The van der Waals surface area contributed by atoms with Crippen molar-refractivity contribution >= 4 is 18.3 Å². The second-order valence-corrected chi connectivity index (χ2v) is 3.08. The number of aromatic amines is 1.